The molecule has 0 aliphatic heterocycles. The highest BCUT2D eigenvalue weighted by molar-refractivity contribution is 7.76. The van der Waals surface area contributed by atoms with E-state index in [-0.39, 0.29) is 0 Å². The highest BCUT2D eigenvalue weighted by Crippen LogP contribution is 2.23. The molecule has 50 valence electrons. The zero-order chi connectivity index (χ0) is 6.85. The van der Waals surface area contributed by atoms with Crippen LogP contribution in [0, 0.1) is 10.1 Å². The Hall–Kier alpha value is 0.270. The molecule has 9 heavy (non-hydrogen) atoms. The van der Waals surface area contributed by atoms with Gasteiger partial charge < -0.3 is 0 Å². The maximum Gasteiger partial charge on any atom is 0.144 e. The van der Waals surface area contributed by atoms with E-state index in [1.807, 2.05) is 0 Å². The quantitative estimate of drug-likeness (QED) is 0.591. The van der Waals surface area contributed by atoms with Crippen molar-refractivity contribution >= 4 is 34.9 Å². The lowest BCUT2D eigenvalue weighted by molar-refractivity contribution is 1.17. The van der Waals surface area contributed by atoms with Gasteiger partial charge in [-0.05, 0) is 13.3 Å². The molecule has 0 amide bonds. The Morgan fingerprint density at radius 1 is 1.44 bits per heavy atom. The van der Waals surface area contributed by atoms with Crippen LogP contribution in [0.25, 0.3) is 0 Å². The summed E-state index contributed by atoms with van der Waals surface area (Å²) in [6.45, 7) is 4.30. The molecule has 0 aliphatic rings. The van der Waals surface area contributed by atoms with E-state index in [1.165, 1.54) is 9.75 Å². The maximum atomic E-state index is 5.02. The van der Waals surface area contributed by atoms with E-state index < -0.39 is 0 Å². The van der Waals surface area contributed by atoms with E-state index >= 15 is 0 Å². The largest absolute Gasteiger partial charge is 0.144 e. The second kappa shape index (κ2) is 2.90. The molecule has 0 N–H and O–H groups in total. The van der Waals surface area contributed by atoms with Crippen molar-refractivity contribution in [2.75, 3.05) is 0 Å². The first-order valence-electron chi connectivity index (χ1n) is 2.83. The minimum Gasteiger partial charge on any atom is -0.118 e. The van der Waals surface area contributed by atoms with Crippen molar-refractivity contribution in [2.45, 2.75) is 20.3 Å². The lowest BCUT2D eigenvalue weighted by Crippen LogP contribution is -1.71. The zero-order valence-electron chi connectivity index (χ0n) is 5.43. The van der Waals surface area contributed by atoms with E-state index in [9.17, 15) is 0 Å². The molecule has 3 heteroatoms. The summed E-state index contributed by atoms with van der Waals surface area (Å²) < 4.78 is 1.06. The van der Waals surface area contributed by atoms with Crippen LogP contribution in [0.5, 0.6) is 0 Å². The Labute approximate surface area is 68.2 Å². The molecule has 0 saturated heterocycles. The van der Waals surface area contributed by atoms with Crippen LogP contribution in [0.3, 0.4) is 0 Å². The average molecular weight is 176 g/mol. The standard InChI is InChI=1S/C6H8S3/c1-3-5-4(2)8-6(7)9-5/h3H2,1-2H3. The van der Waals surface area contributed by atoms with Crippen molar-refractivity contribution < 1.29 is 0 Å². The summed E-state index contributed by atoms with van der Waals surface area (Å²) in [5.41, 5.74) is 0. The number of aryl methyl sites for hydroxylation is 2. The van der Waals surface area contributed by atoms with Gasteiger partial charge in [0.05, 0.1) is 0 Å². The van der Waals surface area contributed by atoms with Gasteiger partial charge in [-0.1, -0.05) is 19.1 Å². The van der Waals surface area contributed by atoms with Crippen LogP contribution >= 0.6 is 34.9 Å². The van der Waals surface area contributed by atoms with E-state index in [2.05, 4.69) is 13.8 Å². The van der Waals surface area contributed by atoms with Gasteiger partial charge >= 0.3 is 0 Å². The smallest absolute Gasteiger partial charge is 0.118 e. The van der Waals surface area contributed by atoms with Crippen LogP contribution in [0.2, 0.25) is 0 Å². The molecular weight excluding hydrogens is 168 g/mol. The molecule has 1 heterocycles. The first kappa shape index (κ1) is 7.38. The molecule has 0 unspecified atom stereocenters. The second-order valence-electron chi connectivity index (χ2n) is 1.79. The molecular formula is C6H8S3. The van der Waals surface area contributed by atoms with E-state index in [1.54, 1.807) is 22.7 Å². The Morgan fingerprint density at radius 2 is 2.11 bits per heavy atom. The summed E-state index contributed by atoms with van der Waals surface area (Å²) in [7, 11) is 0. The van der Waals surface area contributed by atoms with Gasteiger partial charge in [0.2, 0.25) is 0 Å². The van der Waals surface area contributed by atoms with Crippen molar-refractivity contribution in [1.29, 1.82) is 0 Å². The van der Waals surface area contributed by atoms with Crippen molar-refractivity contribution in [3.63, 3.8) is 0 Å². The third kappa shape index (κ3) is 1.60. The van der Waals surface area contributed by atoms with Crippen molar-refractivity contribution in [3.8, 4) is 0 Å². The predicted molar refractivity (Wildman–Crippen MR) is 47.1 cm³/mol. The highest BCUT2D eigenvalue weighted by Gasteiger charge is 1.97. The SMILES string of the molecule is CCc1sc(=S)sc1C. The van der Waals surface area contributed by atoms with Gasteiger partial charge in [0.25, 0.3) is 0 Å². The van der Waals surface area contributed by atoms with Crippen molar-refractivity contribution in [3.05, 3.63) is 12.9 Å². The van der Waals surface area contributed by atoms with Gasteiger partial charge in [0.1, 0.15) is 3.14 Å². The van der Waals surface area contributed by atoms with Crippen LogP contribution in [0.1, 0.15) is 16.7 Å². The second-order valence-corrected chi connectivity index (χ2v) is 5.30. The Morgan fingerprint density at radius 3 is 2.33 bits per heavy atom. The molecule has 0 bridgehead atoms. The monoisotopic (exact) mass is 176 g/mol. The molecule has 1 aromatic heterocycles. The third-order valence-corrected chi connectivity index (χ3v) is 4.01. The number of hydrogen-bond donors (Lipinski definition) is 0. The summed E-state index contributed by atoms with van der Waals surface area (Å²) in [5, 5.41) is 0. The Balaban J connectivity index is 3.16. The molecule has 0 aromatic carbocycles. The number of hydrogen-bond acceptors (Lipinski definition) is 3. The van der Waals surface area contributed by atoms with Crippen LogP contribution in [-0.2, 0) is 6.42 Å². The molecule has 0 spiro atoms. The summed E-state index contributed by atoms with van der Waals surface area (Å²) in [6.07, 6.45) is 1.13. The third-order valence-electron chi connectivity index (χ3n) is 1.16. The zero-order valence-corrected chi connectivity index (χ0v) is 7.88. The van der Waals surface area contributed by atoms with Gasteiger partial charge in [-0.25, -0.2) is 0 Å². The molecule has 0 atom stereocenters. The first-order valence-corrected chi connectivity index (χ1v) is 4.87. The van der Waals surface area contributed by atoms with Gasteiger partial charge in [-0.3, -0.25) is 0 Å². The molecule has 0 radical (unpaired) electrons. The lowest BCUT2D eigenvalue weighted by atomic mass is 10.4. The van der Waals surface area contributed by atoms with E-state index in [0.717, 1.165) is 9.56 Å². The number of rotatable bonds is 1. The van der Waals surface area contributed by atoms with Crippen LogP contribution < -0.4 is 0 Å². The van der Waals surface area contributed by atoms with E-state index in [0.29, 0.717) is 0 Å². The molecule has 0 nitrogen and oxygen atoms in total. The van der Waals surface area contributed by atoms with Gasteiger partial charge in [-0.15, -0.1) is 22.7 Å². The predicted octanol–water partition coefficient (Wildman–Crippen LogP) is 3.41. The fourth-order valence-corrected chi connectivity index (χ4v) is 3.46. The summed E-state index contributed by atoms with van der Waals surface area (Å²) >= 11 is 8.50. The molecule has 0 fully saturated rings. The average Bonchev–Trinajstić information content (AvgIpc) is 2.10. The van der Waals surface area contributed by atoms with Gasteiger partial charge in [0.15, 0.2) is 0 Å². The van der Waals surface area contributed by atoms with Crippen LogP contribution in [-0.4, -0.2) is 0 Å². The normalized spacial score (nSPS) is 10.0. The maximum absolute atomic E-state index is 5.02. The van der Waals surface area contributed by atoms with Crippen molar-refractivity contribution in [1.82, 2.24) is 0 Å². The van der Waals surface area contributed by atoms with Gasteiger partial charge in [-0.2, -0.15) is 0 Å². The molecule has 0 saturated carbocycles. The van der Waals surface area contributed by atoms with E-state index in [4.69, 9.17) is 12.2 Å². The summed E-state index contributed by atoms with van der Waals surface area (Å²) in [5.74, 6) is 0. The summed E-state index contributed by atoms with van der Waals surface area (Å²) in [6, 6.07) is 0. The Bertz CT molecular complexity index is 243. The molecule has 1 rings (SSSR count). The summed E-state index contributed by atoms with van der Waals surface area (Å²) in [4.78, 5) is 2.84. The fourth-order valence-electron chi connectivity index (χ4n) is 0.696. The van der Waals surface area contributed by atoms with Crippen molar-refractivity contribution in [2.24, 2.45) is 0 Å². The molecule has 0 aliphatic carbocycles. The van der Waals surface area contributed by atoms with Crippen LogP contribution in [0.4, 0.5) is 0 Å². The lowest BCUT2D eigenvalue weighted by Gasteiger charge is -1.86. The molecule has 1 aromatic rings. The topological polar surface area (TPSA) is 0 Å². The van der Waals surface area contributed by atoms with Crippen LogP contribution in [0.15, 0.2) is 0 Å². The van der Waals surface area contributed by atoms with Gasteiger partial charge in [0, 0.05) is 9.75 Å². The first-order chi connectivity index (χ1) is 4.24. The Kier molecular flexibility index (Phi) is 2.38. The minimum absolute atomic E-state index is 1.06. The fraction of sp³-hybridized carbons (Fsp3) is 0.500. The highest BCUT2D eigenvalue weighted by atomic mass is 32.2. The minimum atomic E-state index is 1.06.